The highest BCUT2D eigenvalue weighted by atomic mass is 16.2. The van der Waals surface area contributed by atoms with E-state index in [1.165, 1.54) is 4.90 Å². The molecule has 1 atom stereocenters. The molecule has 92 valence electrons. The monoisotopic (exact) mass is 236 g/mol. The van der Waals surface area contributed by atoms with Crippen molar-refractivity contribution in [2.24, 2.45) is 0 Å². The van der Waals surface area contributed by atoms with Crippen molar-refractivity contribution in [2.75, 3.05) is 13.1 Å². The molecule has 1 aromatic heterocycles. The lowest BCUT2D eigenvalue weighted by atomic mass is 10.1. The van der Waals surface area contributed by atoms with Crippen molar-refractivity contribution in [3.05, 3.63) is 18.5 Å². The van der Waals surface area contributed by atoms with Gasteiger partial charge in [-0.3, -0.25) is 24.5 Å². The molecule has 1 saturated heterocycles. The maximum Gasteiger partial charge on any atom is 0.246 e. The lowest BCUT2D eigenvalue weighted by Gasteiger charge is -2.30. The van der Waals surface area contributed by atoms with Crippen LogP contribution in [0.1, 0.15) is 13.3 Å². The zero-order valence-electron chi connectivity index (χ0n) is 9.80. The van der Waals surface area contributed by atoms with Crippen LogP contribution in [0.4, 0.5) is 0 Å². The Balaban J connectivity index is 1.97. The fraction of sp³-hybridized carbons (Fsp3) is 0.545. The number of carbonyl (C=O) groups excluding carboxylic acids is 2. The highest BCUT2D eigenvalue weighted by molar-refractivity contribution is 6.01. The summed E-state index contributed by atoms with van der Waals surface area (Å²) in [4.78, 5) is 24.9. The first-order chi connectivity index (χ1) is 8.22. The molecular formula is C11H16N4O2. The molecule has 1 aromatic rings. The van der Waals surface area contributed by atoms with E-state index in [4.69, 9.17) is 0 Å². The predicted molar refractivity (Wildman–Crippen MR) is 61.0 cm³/mol. The number of rotatable bonds is 4. The van der Waals surface area contributed by atoms with Crippen LogP contribution in [-0.4, -0.2) is 45.6 Å². The zero-order valence-corrected chi connectivity index (χ0v) is 9.80. The van der Waals surface area contributed by atoms with Gasteiger partial charge in [0.1, 0.15) is 0 Å². The molecule has 0 radical (unpaired) electrons. The average molecular weight is 236 g/mol. The molecule has 0 aliphatic carbocycles. The number of hydrogen-bond acceptors (Lipinski definition) is 4. The lowest BCUT2D eigenvalue weighted by Crippen LogP contribution is -2.58. The van der Waals surface area contributed by atoms with Crippen molar-refractivity contribution in [3.8, 4) is 0 Å². The first-order valence-corrected chi connectivity index (χ1v) is 5.77. The Bertz CT molecular complexity index is 402. The first kappa shape index (κ1) is 11.8. The van der Waals surface area contributed by atoms with E-state index in [-0.39, 0.29) is 24.4 Å². The number of nitrogens with zero attached hydrogens (tertiary/aromatic N) is 3. The van der Waals surface area contributed by atoms with Gasteiger partial charge in [-0.05, 0) is 12.5 Å². The number of aromatic nitrogens is 2. The second-order valence-corrected chi connectivity index (χ2v) is 3.99. The summed E-state index contributed by atoms with van der Waals surface area (Å²) in [7, 11) is 0. The Morgan fingerprint density at radius 1 is 1.47 bits per heavy atom. The van der Waals surface area contributed by atoms with Gasteiger partial charge >= 0.3 is 0 Å². The minimum Gasteiger partial charge on any atom is -0.297 e. The van der Waals surface area contributed by atoms with E-state index in [0.717, 1.165) is 0 Å². The number of amides is 2. The summed E-state index contributed by atoms with van der Waals surface area (Å²) in [6.07, 6.45) is 4.19. The standard InChI is InChI=1S/C11H16N4O2/c1-2-9-11(17)15(10(16)8-12-9)7-6-14-5-3-4-13-14/h3-5,9,12H,2,6-8H2,1H3. The lowest BCUT2D eigenvalue weighted by molar-refractivity contribution is -0.149. The van der Waals surface area contributed by atoms with E-state index >= 15 is 0 Å². The summed E-state index contributed by atoms with van der Waals surface area (Å²) in [5, 5.41) is 6.97. The van der Waals surface area contributed by atoms with E-state index in [0.29, 0.717) is 19.5 Å². The van der Waals surface area contributed by atoms with Gasteiger partial charge in [-0.2, -0.15) is 5.10 Å². The van der Waals surface area contributed by atoms with Gasteiger partial charge in [0.25, 0.3) is 0 Å². The van der Waals surface area contributed by atoms with Crippen molar-refractivity contribution in [1.82, 2.24) is 20.0 Å². The molecule has 2 rings (SSSR count). The van der Waals surface area contributed by atoms with Gasteiger partial charge in [-0.1, -0.05) is 6.92 Å². The average Bonchev–Trinajstić information content (AvgIpc) is 2.82. The van der Waals surface area contributed by atoms with Gasteiger partial charge in [0.05, 0.1) is 19.1 Å². The van der Waals surface area contributed by atoms with E-state index < -0.39 is 0 Å². The van der Waals surface area contributed by atoms with Crippen LogP contribution in [0.5, 0.6) is 0 Å². The molecule has 1 aliphatic rings. The molecule has 1 fully saturated rings. The van der Waals surface area contributed by atoms with Crippen LogP contribution in [0.3, 0.4) is 0 Å². The van der Waals surface area contributed by atoms with Crippen molar-refractivity contribution in [2.45, 2.75) is 25.9 Å². The Kier molecular flexibility index (Phi) is 3.53. The van der Waals surface area contributed by atoms with E-state index in [1.54, 1.807) is 10.9 Å². The maximum absolute atomic E-state index is 11.9. The van der Waals surface area contributed by atoms with Gasteiger partial charge in [0.15, 0.2) is 0 Å². The van der Waals surface area contributed by atoms with Crippen LogP contribution in [0, 0.1) is 0 Å². The molecule has 0 aromatic carbocycles. The number of carbonyl (C=O) groups is 2. The zero-order chi connectivity index (χ0) is 12.3. The SMILES string of the molecule is CCC1NCC(=O)N(CCn2cccn2)C1=O. The van der Waals surface area contributed by atoms with E-state index in [1.807, 2.05) is 19.2 Å². The minimum atomic E-state index is -0.231. The van der Waals surface area contributed by atoms with Gasteiger partial charge in [-0.15, -0.1) is 0 Å². The van der Waals surface area contributed by atoms with Crippen LogP contribution in [0.2, 0.25) is 0 Å². The Morgan fingerprint density at radius 3 is 2.94 bits per heavy atom. The summed E-state index contributed by atoms with van der Waals surface area (Å²) in [6.45, 7) is 3.10. The maximum atomic E-state index is 11.9. The molecule has 6 heteroatoms. The third kappa shape index (κ3) is 2.52. The Morgan fingerprint density at radius 2 is 2.29 bits per heavy atom. The fourth-order valence-electron chi connectivity index (χ4n) is 1.89. The molecule has 1 unspecified atom stereocenters. The van der Waals surface area contributed by atoms with Crippen molar-refractivity contribution < 1.29 is 9.59 Å². The van der Waals surface area contributed by atoms with Crippen LogP contribution < -0.4 is 5.32 Å². The van der Waals surface area contributed by atoms with Crippen molar-refractivity contribution in [3.63, 3.8) is 0 Å². The number of imide groups is 1. The van der Waals surface area contributed by atoms with Crippen molar-refractivity contribution >= 4 is 11.8 Å². The highest BCUT2D eigenvalue weighted by Crippen LogP contribution is 2.06. The molecule has 1 N–H and O–H groups in total. The van der Waals surface area contributed by atoms with Crippen LogP contribution >= 0.6 is 0 Å². The molecule has 1 aliphatic heterocycles. The fourth-order valence-corrected chi connectivity index (χ4v) is 1.89. The number of hydrogen-bond donors (Lipinski definition) is 1. The minimum absolute atomic E-state index is 0.129. The summed E-state index contributed by atoms with van der Waals surface area (Å²) in [5.74, 6) is -0.289. The van der Waals surface area contributed by atoms with Crippen LogP contribution in [0.25, 0.3) is 0 Å². The van der Waals surface area contributed by atoms with Gasteiger partial charge in [-0.25, -0.2) is 0 Å². The normalized spacial score (nSPS) is 21.0. The summed E-state index contributed by atoms with van der Waals surface area (Å²) in [5.41, 5.74) is 0. The molecular weight excluding hydrogens is 220 g/mol. The van der Waals surface area contributed by atoms with Gasteiger partial charge in [0, 0.05) is 18.9 Å². The Hall–Kier alpha value is -1.69. The number of nitrogens with one attached hydrogen (secondary N) is 1. The topological polar surface area (TPSA) is 67.2 Å². The summed E-state index contributed by atoms with van der Waals surface area (Å²) < 4.78 is 1.71. The molecule has 17 heavy (non-hydrogen) atoms. The van der Waals surface area contributed by atoms with E-state index in [2.05, 4.69) is 10.4 Å². The van der Waals surface area contributed by atoms with Crippen LogP contribution in [0.15, 0.2) is 18.5 Å². The molecule has 2 amide bonds. The smallest absolute Gasteiger partial charge is 0.246 e. The summed E-state index contributed by atoms with van der Waals surface area (Å²) >= 11 is 0. The number of piperazine rings is 1. The highest BCUT2D eigenvalue weighted by Gasteiger charge is 2.32. The molecule has 0 bridgehead atoms. The Labute approximate surface area is 99.6 Å². The second-order valence-electron chi connectivity index (χ2n) is 3.99. The van der Waals surface area contributed by atoms with E-state index in [9.17, 15) is 9.59 Å². The van der Waals surface area contributed by atoms with Crippen LogP contribution in [-0.2, 0) is 16.1 Å². The molecule has 2 heterocycles. The molecule has 0 spiro atoms. The predicted octanol–water partition coefficient (Wildman–Crippen LogP) is -0.380. The molecule has 6 nitrogen and oxygen atoms in total. The summed E-state index contributed by atoms with van der Waals surface area (Å²) in [6, 6.07) is 1.58. The largest absolute Gasteiger partial charge is 0.297 e. The first-order valence-electron chi connectivity index (χ1n) is 5.77. The quantitative estimate of drug-likeness (QED) is 0.724. The van der Waals surface area contributed by atoms with Crippen molar-refractivity contribution in [1.29, 1.82) is 0 Å². The third-order valence-electron chi connectivity index (χ3n) is 2.89. The second kappa shape index (κ2) is 5.09. The third-order valence-corrected chi connectivity index (χ3v) is 2.89. The van der Waals surface area contributed by atoms with Gasteiger partial charge < -0.3 is 0 Å². The molecule has 0 saturated carbocycles. The van der Waals surface area contributed by atoms with Gasteiger partial charge in [0.2, 0.25) is 11.8 Å².